The topological polar surface area (TPSA) is 120 Å². The lowest BCUT2D eigenvalue weighted by atomic mass is 10.1. The number of rotatable bonds is 7. The molecule has 0 aliphatic rings. The first kappa shape index (κ1) is 20.7. The monoisotopic (exact) mass is 452 g/mol. The number of benzene rings is 1. The summed E-state index contributed by atoms with van der Waals surface area (Å²) < 4.78 is 5.24. The van der Waals surface area contributed by atoms with Gasteiger partial charge in [-0.2, -0.15) is 0 Å². The van der Waals surface area contributed by atoms with Gasteiger partial charge in [0, 0.05) is 23.5 Å². The Morgan fingerprint density at radius 2 is 1.87 bits per heavy atom. The highest BCUT2D eigenvalue weighted by Crippen LogP contribution is 2.21. The van der Waals surface area contributed by atoms with Crippen LogP contribution in [0.5, 0.6) is 0 Å². The van der Waals surface area contributed by atoms with E-state index in [2.05, 4.69) is 37.4 Å². The van der Waals surface area contributed by atoms with E-state index in [1.165, 1.54) is 16.9 Å². The maximum Gasteiger partial charge on any atom is 0.358 e. The fourth-order valence-corrected chi connectivity index (χ4v) is 3.88. The fourth-order valence-electron chi connectivity index (χ4n) is 2.49. The second kappa shape index (κ2) is 9.49. The molecule has 0 saturated heterocycles. The van der Waals surface area contributed by atoms with Crippen LogP contribution >= 0.6 is 22.7 Å². The van der Waals surface area contributed by atoms with E-state index in [0.29, 0.717) is 21.5 Å². The van der Waals surface area contributed by atoms with E-state index in [9.17, 15) is 9.59 Å². The molecule has 1 N–H and O–H groups in total. The molecule has 11 heteroatoms. The lowest BCUT2D eigenvalue weighted by Crippen LogP contribution is -2.11. The van der Waals surface area contributed by atoms with Crippen molar-refractivity contribution in [1.82, 2.24) is 25.1 Å². The maximum absolute atomic E-state index is 12.3. The van der Waals surface area contributed by atoms with Crippen molar-refractivity contribution in [3.05, 3.63) is 69.4 Å². The summed E-state index contributed by atoms with van der Waals surface area (Å²) in [5.41, 5.74) is 2.01. The summed E-state index contributed by atoms with van der Waals surface area (Å²) >= 11 is 2.31. The molecule has 0 atom stereocenters. The number of carbonyl (C=O) groups excluding carboxylic acids is 2. The molecule has 0 bridgehead atoms. The molecule has 3 heterocycles. The van der Waals surface area contributed by atoms with E-state index < -0.39 is 5.97 Å². The summed E-state index contributed by atoms with van der Waals surface area (Å²) in [5.74, 6) is -0.530. The third-order valence-corrected chi connectivity index (χ3v) is 5.81. The van der Waals surface area contributed by atoms with Gasteiger partial charge in [0.2, 0.25) is 5.01 Å². The normalized spacial score (nSPS) is 10.6. The maximum atomic E-state index is 12.3. The van der Waals surface area contributed by atoms with Crippen molar-refractivity contribution >= 4 is 40.2 Å². The van der Waals surface area contributed by atoms with E-state index in [-0.39, 0.29) is 23.2 Å². The molecule has 0 spiro atoms. The molecule has 4 rings (SSSR count). The average Bonchev–Trinajstić information content (AvgIpc) is 3.49. The van der Waals surface area contributed by atoms with Crippen LogP contribution in [0, 0.1) is 0 Å². The highest BCUT2D eigenvalue weighted by molar-refractivity contribution is 7.13. The summed E-state index contributed by atoms with van der Waals surface area (Å²) in [4.78, 5) is 37.0. The standard InChI is InChI=1S/C20H16N6O3S2/c1-2-12-4-6-13(7-5-12)23-17(27)19-26-25-15(31-19)10-29-20(28)14-11-30-18(24-14)16-21-8-3-9-22-16/h3-9,11H,2,10H2,1H3,(H,23,27). The summed E-state index contributed by atoms with van der Waals surface area (Å²) in [6.45, 7) is 1.96. The van der Waals surface area contributed by atoms with E-state index in [4.69, 9.17) is 4.74 Å². The fraction of sp³-hybridized carbons (Fsp3) is 0.150. The van der Waals surface area contributed by atoms with Crippen molar-refractivity contribution in [3.8, 4) is 10.8 Å². The molecule has 156 valence electrons. The van der Waals surface area contributed by atoms with Gasteiger partial charge in [0.25, 0.3) is 5.91 Å². The predicted octanol–water partition coefficient (Wildman–Crippen LogP) is 3.62. The van der Waals surface area contributed by atoms with Crippen LogP contribution in [0.2, 0.25) is 0 Å². The van der Waals surface area contributed by atoms with Gasteiger partial charge in [0.15, 0.2) is 21.5 Å². The second-order valence-electron chi connectivity index (χ2n) is 6.19. The van der Waals surface area contributed by atoms with Crippen LogP contribution in [0.4, 0.5) is 5.69 Å². The smallest absolute Gasteiger partial charge is 0.358 e. The van der Waals surface area contributed by atoms with E-state index in [1.807, 2.05) is 24.3 Å². The minimum absolute atomic E-state index is 0.107. The van der Waals surface area contributed by atoms with Crippen molar-refractivity contribution in [1.29, 1.82) is 0 Å². The lowest BCUT2D eigenvalue weighted by molar-refractivity contribution is 0.0465. The summed E-state index contributed by atoms with van der Waals surface area (Å²) in [5, 5.41) is 13.3. The van der Waals surface area contributed by atoms with Crippen molar-refractivity contribution in [2.24, 2.45) is 0 Å². The molecule has 0 aliphatic heterocycles. The van der Waals surface area contributed by atoms with Crippen LogP contribution in [-0.2, 0) is 17.8 Å². The molecule has 1 amide bonds. The van der Waals surface area contributed by atoms with Gasteiger partial charge < -0.3 is 10.1 Å². The van der Waals surface area contributed by atoms with Crippen molar-refractivity contribution in [2.75, 3.05) is 5.32 Å². The Balaban J connectivity index is 1.33. The summed E-state index contributed by atoms with van der Waals surface area (Å²) in [6, 6.07) is 9.28. The number of anilines is 1. The first-order valence-corrected chi connectivity index (χ1v) is 10.9. The zero-order valence-electron chi connectivity index (χ0n) is 16.3. The van der Waals surface area contributed by atoms with Crippen molar-refractivity contribution in [2.45, 2.75) is 20.0 Å². The van der Waals surface area contributed by atoms with Crippen LogP contribution in [0.3, 0.4) is 0 Å². The Kier molecular flexibility index (Phi) is 6.34. The Bertz CT molecular complexity index is 1190. The first-order valence-electron chi connectivity index (χ1n) is 9.25. The molecular formula is C20H16N6O3S2. The molecular weight excluding hydrogens is 436 g/mol. The molecule has 1 aromatic carbocycles. The van der Waals surface area contributed by atoms with Crippen LogP contribution < -0.4 is 5.32 Å². The van der Waals surface area contributed by atoms with Gasteiger partial charge in [-0.25, -0.2) is 19.7 Å². The van der Waals surface area contributed by atoms with Gasteiger partial charge in [-0.15, -0.1) is 21.5 Å². The zero-order chi connectivity index (χ0) is 21.6. The van der Waals surface area contributed by atoms with Crippen LogP contribution in [0.25, 0.3) is 10.8 Å². The summed E-state index contributed by atoms with van der Waals surface area (Å²) in [6.07, 6.45) is 4.13. The Morgan fingerprint density at radius 1 is 1.10 bits per heavy atom. The van der Waals surface area contributed by atoms with Crippen molar-refractivity contribution < 1.29 is 14.3 Å². The SMILES string of the molecule is CCc1ccc(NC(=O)c2nnc(COC(=O)c3csc(-c4ncccn4)n3)s2)cc1. The Morgan fingerprint density at radius 3 is 2.61 bits per heavy atom. The Labute approximate surface area is 185 Å². The molecule has 9 nitrogen and oxygen atoms in total. The quantitative estimate of drug-likeness (QED) is 0.422. The predicted molar refractivity (Wildman–Crippen MR) is 116 cm³/mol. The van der Waals surface area contributed by atoms with Gasteiger partial charge in [-0.3, -0.25) is 4.79 Å². The summed E-state index contributed by atoms with van der Waals surface area (Å²) in [7, 11) is 0. The number of nitrogens with one attached hydrogen (secondary N) is 1. The average molecular weight is 453 g/mol. The van der Waals surface area contributed by atoms with E-state index in [1.54, 1.807) is 23.8 Å². The van der Waals surface area contributed by atoms with Gasteiger partial charge in [0.05, 0.1) is 0 Å². The molecule has 0 fully saturated rings. The molecule has 0 radical (unpaired) electrons. The zero-order valence-corrected chi connectivity index (χ0v) is 17.9. The highest BCUT2D eigenvalue weighted by atomic mass is 32.1. The number of hydrogen-bond acceptors (Lipinski definition) is 10. The lowest BCUT2D eigenvalue weighted by Gasteiger charge is -2.03. The number of hydrogen-bond donors (Lipinski definition) is 1. The third kappa shape index (κ3) is 5.13. The number of aromatic nitrogens is 5. The van der Waals surface area contributed by atoms with E-state index in [0.717, 1.165) is 17.8 Å². The van der Waals surface area contributed by atoms with Crippen LogP contribution in [0.15, 0.2) is 48.1 Å². The number of nitrogens with zero attached hydrogens (tertiary/aromatic N) is 5. The largest absolute Gasteiger partial charge is 0.453 e. The number of amides is 1. The molecule has 0 saturated carbocycles. The van der Waals surface area contributed by atoms with Gasteiger partial charge in [-0.05, 0) is 30.2 Å². The molecule has 0 aliphatic carbocycles. The van der Waals surface area contributed by atoms with Gasteiger partial charge in [0.1, 0.15) is 6.61 Å². The van der Waals surface area contributed by atoms with Gasteiger partial charge in [-0.1, -0.05) is 30.4 Å². The van der Waals surface area contributed by atoms with Gasteiger partial charge >= 0.3 is 5.97 Å². The minimum Gasteiger partial charge on any atom is -0.453 e. The number of thiazole rings is 1. The number of aryl methyl sites for hydroxylation is 1. The second-order valence-corrected chi connectivity index (χ2v) is 8.11. The number of esters is 1. The highest BCUT2D eigenvalue weighted by Gasteiger charge is 2.17. The molecule has 31 heavy (non-hydrogen) atoms. The number of carbonyl (C=O) groups is 2. The van der Waals surface area contributed by atoms with Crippen LogP contribution in [-0.4, -0.2) is 37.0 Å². The molecule has 4 aromatic rings. The molecule has 3 aromatic heterocycles. The Hall–Kier alpha value is -3.57. The first-order chi connectivity index (χ1) is 15.1. The van der Waals surface area contributed by atoms with Crippen molar-refractivity contribution in [3.63, 3.8) is 0 Å². The minimum atomic E-state index is -0.601. The molecule has 0 unspecified atom stereocenters. The van der Waals surface area contributed by atoms with Crippen LogP contribution in [0.1, 0.15) is 37.8 Å². The number of ether oxygens (including phenoxy) is 1. The third-order valence-electron chi connectivity index (χ3n) is 4.08. The van der Waals surface area contributed by atoms with E-state index >= 15 is 0 Å².